The van der Waals surface area contributed by atoms with Crippen LogP contribution in [0.1, 0.15) is 63.1 Å². The van der Waals surface area contributed by atoms with E-state index in [9.17, 15) is 13.2 Å². The number of nitrogens with one attached hydrogen (secondary N) is 1. The fourth-order valence-electron chi connectivity index (χ4n) is 4.47. The number of carbonyl (C=O) groups is 1. The first-order valence-electron chi connectivity index (χ1n) is 12.3. The first-order chi connectivity index (χ1) is 16.7. The second kappa shape index (κ2) is 12.4. The number of piperidine rings is 1. The quantitative estimate of drug-likeness (QED) is 0.481. The first-order valence-corrected chi connectivity index (χ1v) is 13.8. The van der Waals surface area contributed by atoms with Crippen molar-refractivity contribution in [1.29, 1.82) is 0 Å². The lowest BCUT2D eigenvalue weighted by Gasteiger charge is -2.26. The SMILES string of the molecule is COc1ccc([C@H](CC(C)C)NC(=O)CCc2cc(S(=O)(=O)N3CCCCC3)ccc2OC)cc1. The van der Waals surface area contributed by atoms with Crippen LogP contribution in [0.2, 0.25) is 0 Å². The normalized spacial score (nSPS) is 15.6. The zero-order valence-electron chi connectivity index (χ0n) is 21.2. The van der Waals surface area contributed by atoms with Crippen LogP contribution in [0.15, 0.2) is 47.4 Å². The van der Waals surface area contributed by atoms with Gasteiger partial charge >= 0.3 is 0 Å². The highest BCUT2D eigenvalue weighted by atomic mass is 32.2. The summed E-state index contributed by atoms with van der Waals surface area (Å²) in [7, 11) is -0.371. The second-order valence-electron chi connectivity index (χ2n) is 9.46. The number of carbonyl (C=O) groups excluding carboxylic acids is 1. The highest BCUT2D eigenvalue weighted by molar-refractivity contribution is 7.89. The largest absolute Gasteiger partial charge is 0.497 e. The Morgan fingerprint density at radius 3 is 2.29 bits per heavy atom. The summed E-state index contributed by atoms with van der Waals surface area (Å²) in [4.78, 5) is 13.2. The number of nitrogens with zero attached hydrogens (tertiary/aromatic N) is 1. The Bertz CT molecular complexity index is 1080. The Kier molecular flexibility index (Phi) is 9.57. The summed E-state index contributed by atoms with van der Waals surface area (Å²) in [6.07, 6.45) is 4.25. The maximum absolute atomic E-state index is 13.1. The average Bonchev–Trinajstić information content (AvgIpc) is 2.87. The minimum atomic E-state index is -3.56. The summed E-state index contributed by atoms with van der Waals surface area (Å²) in [6.45, 7) is 5.35. The summed E-state index contributed by atoms with van der Waals surface area (Å²) in [5.74, 6) is 1.68. The Hall–Kier alpha value is -2.58. The molecule has 1 heterocycles. The van der Waals surface area contributed by atoms with E-state index in [2.05, 4.69) is 19.2 Å². The number of benzene rings is 2. The van der Waals surface area contributed by atoms with Gasteiger partial charge in [-0.25, -0.2) is 8.42 Å². The smallest absolute Gasteiger partial charge is 0.243 e. The summed E-state index contributed by atoms with van der Waals surface area (Å²) >= 11 is 0. The molecular weight excluding hydrogens is 464 g/mol. The van der Waals surface area contributed by atoms with Crippen LogP contribution in [0.3, 0.4) is 0 Å². The molecule has 1 amide bonds. The maximum atomic E-state index is 13.1. The Labute approximate surface area is 209 Å². The molecule has 35 heavy (non-hydrogen) atoms. The van der Waals surface area contributed by atoms with Crippen LogP contribution in [0.25, 0.3) is 0 Å². The van der Waals surface area contributed by atoms with Crippen molar-refractivity contribution in [2.75, 3.05) is 27.3 Å². The van der Waals surface area contributed by atoms with Crippen molar-refractivity contribution in [3.8, 4) is 11.5 Å². The first kappa shape index (κ1) is 27.0. The van der Waals surface area contributed by atoms with Crippen LogP contribution in [0.4, 0.5) is 0 Å². The molecule has 1 aliphatic rings. The zero-order valence-corrected chi connectivity index (χ0v) is 22.1. The van der Waals surface area contributed by atoms with Gasteiger partial charge < -0.3 is 14.8 Å². The van der Waals surface area contributed by atoms with Gasteiger partial charge in [-0.2, -0.15) is 4.31 Å². The van der Waals surface area contributed by atoms with Gasteiger partial charge in [0.25, 0.3) is 0 Å². The number of ether oxygens (including phenoxy) is 2. The number of sulfonamides is 1. The third-order valence-corrected chi connectivity index (χ3v) is 8.28. The van der Waals surface area contributed by atoms with E-state index in [1.54, 1.807) is 36.7 Å². The van der Waals surface area contributed by atoms with E-state index in [0.29, 0.717) is 36.7 Å². The number of hydrogen-bond acceptors (Lipinski definition) is 5. The highest BCUT2D eigenvalue weighted by Gasteiger charge is 2.27. The van der Waals surface area contributed by atoms with Gasteiger partial charge in [-0.3, -0.25) is 4.79 Å². The van der Waals surface area contributed by atoms with Gasteiger partial charge in [-0.15, -0.1) is 0 Å². The minimum absolute atomic E-state index is 0.0854. The molecule has 3 rings (SSSR count). The molecule has 0 saturated carbocycles. The van der Waals surface area contributed by atoms with Crippen LogP contribution in [0.5, 0.6) is 11.5 Å². The zero-order chi connectivity index (χ0) is 25.4. The molecule has 2 aromatic rings. The standard InChI is InChI=1S/C27H38N2O5S/c1-20(2)18-25(21-8-11-23(33-3)12-9-21)28-27(30)15-10-22-19-24(13-14-26(22)34-4)35(31,32)29-16-6-5-7-17-29/h8-9,11-14,19-20,25H,5-7,10,15-18H2,1-4H3,(H,28,30)/t25-/m0/s1. The van der Waals surface area contributed by atoms with Crippen LogP contribution in [-0.4, -0.2) is 45.9 Å². The molecule has 0 aliphatic carbocycles. The van der Waals surface area contributed by atoms with Gasteiger partial charge in [0.05, 0.1) is 25.2 Å². The van der Waals surface area contributed by atoms with Crippen molar-refractivity contribution in [1.82, 2.24) is 9.62 Å². The molecule has 1 saturated heterocycles. The Morgan fingerprint density at radius 2 is 1.69 bits per heavy atom. The fourth-order valence-corrected chi connectivity index (χ4v) is 6.03. The molecule has 1 N–H and O–H groups in total. The van der Waals surface area contributed by atoms with Crippen molar-refractivity contribution in [2.24, 2.45) is 5.92 Å². The summed E-state index contributed by atoms with van der Waals surface area (Å²) in [5.41, 5.74) is 1.74. The van der Waals surface area contributed by atoms with E-state index in [4.69, 9.17) is 9.47 Å². The molecule has 1 atom stereocenters. The van der Waals surface area contributed by atoms with Crippen molar-refractivity contribution in [3.63, 3.8) is 0 Å². The number of hydrogen-bond donors (Lipinski definition) is 1. The van der Waals surface area contributed by atoms with Gasteiger partial charge in [-0.05, 0) is 73.1 Å². The number of methoxy groups -OCH3 is 2. The number of aryl methyl sites for hydroxylation is 1. The van der Waals surface area contributed by atoms with E-state index in [-0.39, 0.29) is 23.3 Å². The maximum Gasteiger partial charge on any atom is 0.243 e. The van der Waals surface area contributed by atoms with Crippen LogP contribution < -0.4 is 14.8 Å². The molecule has 0 radical (unpaired) electrons. The van der Waals surface area contributed by atoms with Crippen LogP contribution >= 0.6 is 0 Å². The Balaban J connectivity index is 1.71. The number of amides is 1. The average molecular weight is 503 g/mol. The minimum Gasteiger partial charge on any atom is -0.497 e. The van der Waals surface area contributed by atoms with E-state index in [1.807, 2.05) is 24.3 Å². The molecule has 0 spiro atoms. The summed E-state index contributed by atoms with van der Waals surface area (Å²) < 4.78 is 38.5. The lowest BCUT2D eigenvalue weighted by Crippen LogP contribution is -2.35. The molecule has 1 fully saturated rings. The van der Waals surface area contributed by atoms with E-state index < -0.39 is 10.0 Å². The van der Waals surface area contributed by atoms with E-state index in [1.165, 1.54) is 0 Å². The lowest BCUT2D eigenvalue weighted by atomic mass is 9.96. The molecule has 8 heteroatoms. The third kappa shape index (κ3) is 7.21. The molecule has 0 aromatic heterocycles. The van der Waals surface area contributed by atoms with Crippen LogP contribution in [0, 0.1) is 5.92 Å². The van der Waals surface area contributed by atoms with Gasteiger partial charge in [0.1, 0.15) is 11.5 Å². The predicted octanol–water partition coefficient (Wildman–Crippen LogP) is 4.71. The second-order valence-corrected chi connectivity index (χ2v) is 11.4. The third-order valence-electron chi connectivity index (χ3n) is 6.39. The molecule has 7 nitrogen and oxygen atoms in total. The fraction of sp³-hybridized carbons (Fsp3) is 0.519. The van der Waals surface area contributed by atoms with Gasteiger partial charge in [0.15, 0.2) is 0 Å². The van der Waals surface area contributed by atoms with Crippen molar-refractivity contribution >= 4 is 15.9 Å². The van der Waals surface area contributed by atoms with Gasteiger partial charge in [0, 0.05) is 19.5 Å². The highest BCUT2D eigenvalue weighted by Crippen LogP contribution is 2.28. The predicted molar refractivity (Wildman–Crippen MR) is 137 cm³/mol. The van der Waals surface area contributed by atoms with Crippen LogP contribution in [-0.2, 0) is 21.2 Å². The van der Waals surface area contributed by atoms with Gasteiger partial charge in [0.2, 0.25) is 15.9 Å². The van der Waals surface area contributed by atoms with Crippen molar-refractivity contribution in [3.05, 3.63) is 53.6 Å². The lowest BCUT2D eigenvalue weighted by molar-refractivity contribution is -0.121. The molecule has 2 aromatic carbocycles. The molecule has 1 aliphatic heterocycles. The van der Waals surface area contributed by atoms with E-state index in [0.717, 1.165) is 37.0 Å². The summed E-state index contributed by atoms with van der Waals surface area (Å²) in [5, 5.41) is 3.16. The Morgan fingerprint density at radius 1 is 1.00 bits per heavy atom. The topological polar surface area (TPSA) is 84.9 Å². The molecule has 0 unspecified atom stereocenters. The van der Waals surface area contributed by atoms with Crippen molar-refractivity contribution < 1.29 is 22.7 Å². The molecular formula is C27H38N2O5S. The summed E-state index contributed by atoms with van der Waals surface area (Å²) in [6, 6.07) is 12.6. The monoisotopic (exact) mass is 502 g/mol. The van der Waals surface area contributed by atoms with E-state index >= 15 is 0 Å². The number of rotatable bonds is 11. The van der Waals surface area contributed by atoms with Gasteiger partial charge in [-0.1, -0.05) is 32.4 Å². The van der Waals surface area contributed by atoms with Crippen molar-refractivity contribution in [2.45, 2.75) is 63.3 Å². The molecule has 0 bridgehead atoms. The molecule has 192 valence electrons.